The van der Waals surface area contributed by atoms with Crippen LogP contribution in [0.25, 0.3) is 61.5 Å². The molecule has 138 heavy (non-hydrogen) atoms. The molecule has 29 atom stereocenters. The number of halogens is 2. The number of nitrogens with two attached hydrogens (primary N) is 6. The van der Waals surface area contributed by atoms with Gasteiger partial charge in [0.15, 0.2) is 98.9 Å². The van der Waals surface area contributed by atoms with Gasteiger partial charge in [-0.2, -0.15) is 24.6 Å². The second kappa shape index (κ2) is 37.2. The number of nitrogens with zero attached hydrogens (tertiary/aromatic N) is 19. The zero-order chi connectivity index (χ0) is 97.9. The zero-order valence-electron chi connectivity index (χ0n) is 69.0. The number of thiol groups is 1. The molecule has 12 aromatic heterocycles. The summed E-state index contributed by atoms with van der Waals surface area (Å²) in [7, 11) is 0. The van der Waals surface area contributed by atoms with Gasteiger partial charge >= 0.3 is 40.4 Å². The van der Waals surface area contributed by atoms with Crippen molar-refractivity contribution < 1.29 is 131 Å². The summed E-state index contributed by atoms with van der Waals surface area (Å²) in [4.78, 5) is 141. The molecule has 0 aliphatic carbocycles. The van der Waals surface area contributed by atoms with Gasteiger partial charge in [-0.1, -0.05) is 29.3 Å². The van der Waals surface area contributed by atoms with E-state index in [0.717, 1.165) is 33.6 Å². The van der Waals surface area contributed by atoms with Crippen LogP contribution in [0, 0.1) is 24.7 Å². The predicted octanol–water partition coefficient (Wildman–Crippen LogP) is -0.747. The van der Waals surface area contributed by atoms with Crippen LogP contribution in [0.4, 0.5) is 43.8 Å². The number of terminal acetylenes is 2. The fraction of sp³-hybridized carbons (Fsp3) is 0.455. The third-order valence-electron chi connectivity index (χ3n) is 22.7. The highest BCUT2D eigenvalue weighted by atomic mass is 32.7. The molecule has 57 nitrogen and oxygen atoms in total. The lowest BCUT2D eigenvalue weighted by Crippen LogP contribution is -2.47. The Balaban J connectivity index is 0.000000132. The van der Waals surface area contributed by atoms with Crippen molar-refractivity contribution in [3.63, 3.8) is 0 Å². The number of hydrogen-bond donors (Lipinski definition) is 18. The maximum atomic E-state index is 16.0. The molecule has 0 radical (unpaired) electrons. The van der Waals surface area contributed by atoms with E-state index in [-0.39, 0.29) is 82.3 Å². The Morgan fingerprint density at radius 1 is 0.500 bits per heavy atom. The average Bonchev–Trinajstić information content (AvgIpc) is 1.59. The number of aromatic amines is 3. The van der Waals surface area contributed by atoms with Crippen LogP contribution in [-0.4, -0.2) is 289 Å². The lowest BCUT2D eigenvalue weighted by Gasteiger charge is -2.33. The van der Waals surface area contributed by atoms with Crippen molar-refractivity contribution in [3.05, 3.63) is 105 Å². The van der Waals surface area contributed by atoms with E-state index >= 15 is 8.78 Å². The number of nitrogen functional groups attached to an aromatic ring is 6. The van der Waals surface area contributed by atoms with Crippen LogP contribution in [0.15, 0.2) is 82.7 Å². The lowest BCUT2D eigenvalue weighted by molar-refractivity contribution is -0.0912. The molecule has 0 aromatic carbocycles. The third-order valence-corrected chi connectivity index (χ3v) is 33.6. The minimum Gasteiger partial charge on any atom is -0.397 e. The first kappa shape index (κ1) is 98.6. The number of alkyl halides is 2. The molecule has 21 rings (SSSR count). The van der Waals surface area contributed by atoms with Crippen molar-refractivity contribution in [2.24, 2.45) is 0 Å². The van der Waals surface area contributed by atoms with E-state index in [9.17, 15) is 58.7 Å². The number of hydrogen-bond acceptors (Lipinski definition) is 49. The molecule has 72 heteroatoms. The number of ether oxygens (including phenoxy) is 5. The van der Waals surface area contributed by atoms with Crippen LogP contribution >= 0.6 is 64.4 Å². The molecule has 9 saturated heterocycles. The van der Waals surface area contributed by atoms with Gasteiger partial charge in [-0.05, 0) is 77.2 Å². The van der Waals surface area contributed by atoms with Gasteiger partial charge < -0.3 is 125 Å². The number of thioether (sulfide) groups is 1. The molecule has 12 aromatic rings. The number of H-pyrrole nitrogens is 3. The van der Waals surface area contributed by atoms with Crippen LogP contribution in [0.1, 0.15) is 48.4 Å². The molecule has 6 unspecified atom stereocenters. The largest absolute Gasteiger partial charge is 0.397 e. The maximum Gasteiger partial charge on any atom is 0.386 e. The molecule has 0 amide bonds. The number of aromatic nitrogens is 22. The van der Waals surface area contributed by atoms with Gasteiger partial charge in [0, 0.05) is 30.6 Å². The topological polar surface area (TPSA) is 787 Å². The summed E-state index contributed by atoms with van der Waals surface area (Å²) in [5.74, 6) is 4.34. The summed E-state index contributed by atoms with van der Waals surface area (Å²) in [5.41, 5.74) is 31.0. The van der Waals surface area contributed by atoms with Crippen molar-refractivity contribution in [2.45, 2.75) is 145 Å². The molecule has 23 N–H and O–H groups in total. The van der Waals surface area contributed by atoms with Crippen molar-refractivity contribution >= 4 is 220 Å². The molecular weight excluding hydrogens is 2100 g/mol. The van der Waals surface area contributed by atoms with E-state index in [1.165, 1.54) is 61.7 Å². The normalized spacial score (nSPS) is 37.5. The summed E-state index contributed by atoms with van der Waals surface area (Å²) in [5, 5.41) is 44.5. The Morgan fingerprint density at radius 3 is 1.43 bits per heavy atom. The van der Waals surface area contributed by atoms with Crippen LogP contribution in [0.5, 0.6) is 0 Å². The smallest absolute Gasteiger partial charge is 0.386 e. The van der Waals surface area contributed by atoms with Crippen molar-refractivity contribution in [1.29, 1.82) is 0 Å². The van der Waals surface area contributed by atoms with Gasteiger partial charge in [-0.15, -0.1) is 29.7 Å². The van der Waals surface area contributed by atoms with E-state index in [2.05, 4.69) is 104 Å². The minimum absolute atomic E-state index is 0.00469. The molecule has 9 aliphatic heterocycles. The summed E-state index contributed by atoms with van der Waals surface area (Å²) in [6, 6.07) is 4.65. The van der Waals surface area contributed by atoms with Crippen LogP contribution in [-0.2, 0) is 142 Å². The summed E-state index contributed by atoms with van der Waals surface area (Å²) >= 11 is 31.4. The zero-order valence-corrected chi connectivity index (χ0v) is 80.2. The Kier molecular flexibility index (Phi) is 26.6. The Labute approximate surface area is 802 Å². The Morgan fingerprint density at radius 2 is 0.935 bits per heavy atom. The van der Waals surface area contributed by atoms with Gasteiger partial charge in [-0.3, -0.25) is 74.7 Å². The molecule has 6 bridgehead atoms. The number of fused-ring (bicyclic) bond motifs is 15. The first-order chi connectivity index (χ1) is 65.3. The van der Waals surface area contributed by atoms with Crippen LogP contribution in [0.3, 0.4) is 0 Å². The number of rotatable bonds is 6. The lowest BCUT2D eigenvalue weighted by atomic mass is 9.97. The number of aliphatic hydroxyl groups is 3. The van der Waals surface area contributed by atoms with E-state index in [1.54, 1.807) is 12.3 Å². The molecule has 0 spiro atoms. The summed E-state index contributed by atoms with van der Waals surface area (Å²) in [6.07, 6.45) is -5.30. The van der Waals surface area contributed by atoms with Crippen molar-refractivity contribution in [3.8, 4) is 24.7 Å². The molecule has 9 fully saturated rings. The van der Waals surface area contributed by atoms with Gasteiger partial charge in [0.05, 0.1) is 106 Å². The second-order valence-electron chi connectivity index (χ2n) is 31.3. The average molecular weight is 2170 g/mol. The number of imidazole rings is 4. The fourth-order valence-corrected chi connectivity index (χ4v) is 26.6. The maximum absolute atomic E-state index is 16.0. The standard InChI is InChI=1S/2C23H24FN9O10P2S2.C20H24N10O9P2S3/c2*1-2-23-6-39-45(37,47)42-15-11(24)10(40-21(15)33-8-29-13-18(33)30-22(26)31-19(13)35)5-38-44(36,46)43-16(23)14(34)20(41-23)32-7-28-12-9(25)3-4-27-17(12)32;21-12-1-2-23-16-7(4-24-29(12)16)8-3-9-10(37-8)5-35-41(34,43)39-15-14(31)11(6-36-40(33,42)38-9)44-19(15)30-17-13(27-28-30)18(32)26-20(22)25-17/h2*1,3-4,7-8,10-11,14-16,20-21,34H,5-6H2,(H2,25,27)(H,36,46)(H,37,47)(H3,26,30,31,35);1-2,4,8-11,14-15,19,31H,3,5-6,21H2,(H,33,42)(H,34,43)(H3,22,25,26,32)/t2*10-,11-,14-,15-,16+,20-,21-,23-,44?,45?;8-,9+,10-,11-,14-,15-,19-,40?,41?/m111/s1. The molecule has 0 saturated carbocycles. The number of pyridine rings is 2. The highest BCUT2D eigenvalue weighted by molar-refractivity contribution is 8.44. The Hall–Kier alpha value is -8.20. The fourth-order valence-electron chi connectivity index (χ4n) is 16.4. The van der Waals surface area contributed by atoms with E-state index in [1.807, 2.05) is 0 Å². The first-order valence-electron chi connectivity index (χ1n) is 39.8. The highest BCUT2D eigenvalue weighted by Gasteiger charge is 2.63. The van der Waals surface area contributed by atoms with E-state index in [4.69, 9.17) is 184 Å². The number of aliphatic hydroxyl groups excluding tert-OH is 3. The highest BCUT2D eigenvalue weighted by Crippen LogP contribution is 2.63. The predicted molar refractivity (Wildman–Crippen MR) is 492 cm³/mol. The number of nitrogens with one attached hydrogen (secondary N) is 3. The second-order valence-corrected chi connectivity index (χ2v) is 49.5. The van der Waals surface area contributed by atoms with E-state index in [0.29, 0.717) is 39.4 Å². The van der Waals surface area contributed by atoms with Crippen LogP contribution < -0.4 is 51.1 Å². The quantitative estimate of drug-likeness (QED) is 0.0553. The van der Waals surface area contributed by atoms with Gasteiger partial charge in [0.2, 0.25) is 17.8 Å². The monoisotopic (exact) mass is 2170 g/mol. The van der Waals surface area contributed by atoms with E-state index < -0.39 is 222 Å². The van der Waals surface area contributed by atoms with Crippen molar-refractivity contribution in [2.75, 3.05) is 74.0 Å². The molecular formula is C66H72F2N28O29P6S7. The van der Waals surface area contributed by atoms with Gasteiger partial charge in [0.1, 0.15) is 83.3 Å². The van der Waals surface area contributed by atoms with Crippen LogP contribution in [0.2, 0.25) is 0 Å². The van der Waals surface area contributed by atoms with Gasteiger partial charge in [-0.25, -0.2) is 52.9 Å². The molecule has 736 valence electrons. The molecule has 21 heterocycles. The number of anilines is 6. The first-order valence-corrected chi connectivity index (χ1v) is 56.4. The minimum atomic E-state index is -4.45. The summed E-state index contributed by atoms with van der Waals surface area (Å²) in [6.45, 7) is -29.5. The summed E-state index contributed by atoms with van der Waals surface area (Å²) < 4.78 is 151. The van der Waals surface area contributed by atoms with Gasteiger partial charge in [0.25, 0.3) is 16.7 Å². The Bertz CT molecular complexity index is 7160. The van der Waals surface area contributed by atoms with Crippen molar-refractivity contribution in [1.82, 2.24) is 108 Å². The third kappa shape index (κ3) is 18.7. The molecule has 9 aliphatic rings. The SMILES string of the molecule is C#C[C@@]12COP(O)(=S)O[C@@H]3[C@H](F)[C@@H](COP(O)(=S)O[C@H]1[C@@H](O)[C@H](n1cnc4c(N)ccnc41)O2)O[C@H]3n1cnc2c(=O)[nH]c(N)nc21.C#C[C@@]12COP(O)(=S)O[C@@H]3[C@H](F)[C@@H](COP(O)(=S)O[C@H]1[C@@H](O)[C@H](n1cnc4c(N)ccnc41)O2)O[C@H]3n1cnc2c(=O)[nH]c(N)nc21.Nc1nc2c(nnn2[C@@H]2S[C@@H]3COP(O)(=S)O[C@H]4C[C@H](c5cnn6c(N)ccnc56)O[C@@H]4COP(=O)(S)O[C@@H]2[C@@H]3O)c(=O)[nH]1.